The van der Waals surface area contributed by atoms with Gasteiger partial charge in [-0.25, -0.2) is 4.79 Å². The van der Waals surface area contributed by atoms with E-state index in [4.69, 9.17) is 5.11 Å². The number of amides is 1. The monoisotopic (exact) mass is 253 g/mol. The van der Waals surface area contributed by atoms with Gasteiger partial charge in [-0.15, -0.1) is 11.3 Å². The Balaban J connectivity index is 2.25. The lowest BCUT2D eigenvalue weighted by Crippen LogP contribution is -2.40. The maximum atomic E-state index is 12.3. The van der Waals surface area contributed by atoms with E-state index in [0.29, 0.717) is 18.5 Å². The van der Waals surface area contributed by atoms with Gasteiger partial charge >= 0.3 is 5.97 Å². The van der Waals surface area contributed by atoms with Crippen LogP contribution in [0.5, 0.6) is 0 Å². The molecule has 1 aromatic rings. The molecule has 0 aromatic carbocycles. The Morgan fingerprint density at radius 3 is 2.71 bits per heavy atom. The van der Waals surface area contributed by atoms with Crippen molar-refractivity contribution in [3.63, 3.8) is 0 Å². The Hall–Kier alpha value is -1.36. The molecule has 2 rings (SSSR count). The van der Waals surface area contributed by atoms with Crippen LogP contribution in [-0.4, -0.2) is 34.5 Å². The number of likely N-dealkylation sites (tertiary alicyclic amines) is 1. The second-order valence-electron chi connectivity index (χ2n) is 4.32. The minimum atomic E-state index is -0.902. The third-order valence-corrected chi connectivity index (χ3v) is 4.04. The van der Waals surface area contributed by atoms with Gasteiger partial charge in [-0.05, 0) is 32.8 Å². The molecule has 0 saturated carbocycles. The van der Waals surface area contributed by atoms with E-state index in [-0.39, 0.29) is 5.91 Å². The van der Waals surface area contributed by atoms with Gasteiger partial charge in [0.1, 0.15) is 6.04 Å². The minimum Gasteiger partial charge on any atom is -0.480 e. The average Bonchev–Trinajstić information content (AvgIpc) is 2.83. The fourth-order valence-electron chi connectivity index (χ4n) is 2.26. The maximum Gasteiger partial charge on any atom is 0.326 e. The van der Waals surface area contributed by atoms with E-state index in [0.717, 1.165) is 16.2 Å². The van der Waals surface area contributed by atoms with Crippen LogP contribution in [0, 0.1) is 13.8 Å². The van der Waals surface area contributed by atoms with Crippen molar-refractivity contribution in [2.24, 2.45) is 0 Å². The molecule has 1 N–H and O–H groups in total. The number of carboxylic acid groups (broad SMARTS) is 1. The summed E-state index contributed by atoms with van der Waals surface area (Å²) >= 11 is 1.57. The van der Waals surface area contributed by atoms with Gasteiger partial charge in [0.15, 0.2) is 0 Å². The fourth-order valence-corrected chi connectivity index (χ4v) is 3.18. The van der Waals surface area contributed by atoms with Crippen LogP contribution in [0.25, 0.3) is 0 Å². The van der Waals surface area contributed by atoms with Crippen molar-refractivity contribution >= 4 is 23.2 Å². The number of carboxylic acids is 1. The largest absolute Gasteiger partial charge is 0.480 e. The van der Waals surface area contributed by atoms with Gasteiger partial charge < -0.3 is 10.0 Å². The van der Waals surface area contributed by atoms with Crippen LogP contribution in [0.2, 0.25) is 0 Å². The second-order valence-corrected chi connectivity index (χ2v) is 5.78. The molecule has 2 heterocycles. The highest BCUT2D eigenvalue weighted by atomic mass is 32.1. The molecule has 1 saturated heterocycles. The number of carbonyl (C=O) groups is 2. The van der Waals surface area contributed by atoms with Crippen molar-refractivity contribution in [2.75, 3.05) is 6.54 Å². The molecule has 0 aliphatic carbocycles. The van der Waals surface area contributed by atoms with Crippen molar-refractivity contribution in [3.8, 4) is 0 Å². The molecular formula is C12H15NO3S. The number of aliphatic carboxylic acids is 1. The molecule has 0 radical (unpaired) electrons. The molecule has 5 heteroatoms. The normalized spacial score (nSPS) is 19.6. The molecule has 0 bridgehead atoms. The van der Waals surface area contributed by atoms with E-state index in [1.54, 1.807) is 11.3 Å². The molecule has 1 amide bonds. The van der Waals surface area contributed by atoms with Gasteiger partial charge in [0.25, 0.3) is 5.91 Å². The summed E-state index contributed by atoms with van der Waals surface area (Å²) in [5.74, 6) is -1.04. The Bertz CT molecular complexity index is 466. The molecule has 0 unspecified atom stereocenters. The van der Waals surface area contributed by atoms with E-state index >= 15 is 0 Å². The number of hydrogen-bond acceptors (Lipinski definition) is 3. The summed E-state index contributed by atoms with van der Waals surface area (Å²) in [5, 5.41) is 9.06. The summed E-state index contributed by atoms with van der Waals surface area (Å²) in [6.45, 7) is 4.40. The zero-order valence-corrected chi connectivity index (χ0v) is 10.7. The standard InChI is InChI=1S/C12H15NO3S/c1-7-6-9(8(2)17-7)11(14)13-5-3-4-10(13)12(15)16/h6,10H,3-5H2,1-2H3,(H,15,16)/t10-/m1/s1. The lowest BCUT2D eigenvalue weighted by atomic mass is 10.2. The zero-order valence-electron chi connectivity index (χ0n) is 9.90. The van der Waals surface area contributed by atoms with E-state index in [1.807, 2.05) is 19.9 Å². The minimum absolute atomic E-state index is 0.142. The number of nitrogens with zero attached hydrogens (tertiary/aromatic N) is 1. The molecule has 17 heavy (non-hydrogen) atoms. The molecule has 92 valence electrons. The molecule has 1 fully saturated rings. The highest BCUT2D eigenvalue weighted by Gasteiger charge is 2.35. The Labute approximate surface area is 104 Å². The van der Waals surface area contributed by atoms with Crippen LogP contribution in [0.1, 0.15) is 33.0 Å². The van der Waals surface area contributed by atoms with Gasteiger partial charge in [-0.2, -0.15) is 0 Å². The first-order valence-corrected chi connectivity index (χ1v) is 6.43. The molecule has 4 nitrogen and oxygen atoms in total. The van der Waals surface area contributed by atoms with E-state index in [2.05, 4.69) is 0 Å². The summed E-state index contributed by atoms with van der Waals surface area (Å²) < 4.78 is 0. The topological polar surface area (TPSA) is 57.6 Å². The van der Waals surface area contributed by atoms with E-state index in [1.165, 1.54) is 4.90 Å². The van der Waals surface area contributed by atoms with Gasteiger partial charge in [0, 0.05) is 16.3 Å². The SMILES string of the molecule is Cc1cc(C(=O)N2CCC[C@@H]2C(=O)O)c(C)s1. The van der Waals surface area contributed by atoms with Crippen molar-refractivity contribution in [1.82, 2.24) is 4.90 Å². The number of thiophene rings is 1. The number of hydrogen-bond donors (Lipinski definition) is 1. The predicted molar refractivity (Wildman–Crippen MR) is 65.5 cm³/mol. The first-order chi connectivity index (χ1) is 8.00. The molecule has 1 aliphatic rings. The Morgan fingerprint density at radius 2 is 2.18 bits per heavy atom. The first-order valence-electron chi connectivity index (χ1n) is 5.61. The second kappa shape index (κ2) is 4.49. The number of carbonyl (C=O) groups excluding carboxylic acids is 1. The third-order valence-electron chi connectivity index (χ3n) is 3.07. The highest BCUT2D eigenvalue weighted by molar-refractivity contribution is 7.12. The smallest absolute Gasteiger partial charge is 0.326 e. The lowest BCUT2D eigenvalue weighted by molar-refractivity contribution is -0.141. The van der Waals surface area contributed by atoms with Crippen molar-refractivity contribution in [3.05, 3.63) is 21.4 Å². The van der Waals surface area contributed by atoms with Crippen LogP contribution in [-0.2, 0) is 4.79 Å². The van der Waals surface area contributed by atoms with Gasteiger partial charge in [-0.3, -0.25) is 4.79 Å². The maximum absolute atomic E-state index is 12.3. The third kappa shape index (κ3) is 2.20. The zero-order chi connectivity index (χ0) is 12.6. The molecule has 1 atom stereocenters. The predicted octanol–water partition coefficient (Wildman–Crippen LogP) is 2.05. The van der Waals surface area contributed by atoms with Gasteiger partial charge in [0.2, 0.25) is 0 Å². The van der Waals surface area contributed by atoms with E-state index < -0.39 is 12.0 Å². The summed E-state index contributed by atoms with van der Waals surface area (Å²) in [6.07, 6.45) is 1.33. The van der Waals surface area contributed by atoms with Crippen molar-refractivity contribution < 1.29 is 14.7 Å². The summed E-state index contributed by atoms with van der Waals surface area (Å²) in [7, 11) is 0. The summed E-state index contributed by atoms with van der Waals surface area (Å²) in [5.41, 5.74) is 0.653. The lowest BCUT2D eigenvalue weighted by Gasteiger charge is -2.21. The van der Waals surface area contributed by atoms with Crippen LogP contribution < -0.4 is 0 Å². The quantitative estimate of drug-likeness (QED) is 0.877. The number of rotatable bonds is 2. The highest BCUT2D eigenvalue weighted by Crippen LogP contribution is 2.26. The molecule has 0 spiro atoms. The molecular weight excluding hydrogens is 238 g/mol. The molecule has 1 aromatic heterocycles. The summed E-state index contributed by atoms with van der Waals surface area (Å²) in [6, 6.07) is 1.20. The fraction of sp³-hybridized carbons (Fsp3) is 0.500. The Kier molecular flexibility index (Phi) is 3.19. The van der Waals surface area contributed by atoms with Crippen molar-refractivity contribution in [2.45, 2.75) is 32.7 Å². The van der Waals surface area contributed by atoms with Crippen LogP contribution in [0.15, 0.2) is 6.07 Å². The van der Waals surface area contributed by atoms with Gasteiger partial charge in [0.05, 0.1) is 5.56 Å². The average molecular weight is 253 g/mol. The van der Waals surface area contributed by atoms with Crippen LogP contribution >= 0.6 is 11.3 Å². The van der Waals surface area contributed by atoms with Crippen LogP contribution in [0.4, 0.5) is 0 Å². The van der Waals surface area contributed by atoms with Crippen molar-refractivity contribution in [1.29, 1.82) is 0 Å². The number of aryl methyl sites for hydroxylation is 2. The Morgan fingerprint density at radius 1 is 1.47 bits per heavy atom. The molecule has 1 aliphatic heterocycles. The van der Waals surface area contributed by atoms with Gasteiger partial charge in [-0.1, -0.05) is 0 Å². The van der Waals surface area contributed by atoms with E-state index in [9.17, 15) is 9.59 Å². The summed E-state index contributed by atoms with van der Waals surface area (Å²) in [4.78, 5) is 26.8. The van der Waals surface area contributed by atoms with Crippen LogP contribution in [0.3, 0.4) is 0 Å². The first kappa shape index (κ1) is 12.1.